The van der Waals surface area contributed by atoms with Crippen LogP contribution in [0.2, 0.25) is 0 Å². The topological polar surface area (TPSA) is 65.2 Å². The Bertz CT molecular complexity index is 632. The molecule has 0 aliphatic carbocycles. The number of amides is 1. The second-order valence-electron chi connectivity index (χ2n) is 4.95. The Kier molecular flexibility index (Phi) is 4.77. The molecule has 0 fully saturated rings. The zero-order valence-corrected chi connectivity index (χ0v) is 12.2. The molecule has 0 spiro atoms. The summed E-state index contributed by atoms with van der Waals surface area (Å²) in [6, 6.07) is 13.0. The summed E-state index contributed by atoms with van der Waals surface area (Å²) in [5, 5.41) is 2.87. The van der Waals surface area contributed by atoms with Crippen LogP contribution in [-0.2, 0) is 0 Å². The van der Waals surface area contributed by atoms with Gasteiger partial charge in [0.05, 0.1) is 5.56 Å². The maximum absolute atomic E-state index is 12.0. The molecule has 1 atom stereocenters. The standard InChI is InChI=1S/C16H19N3O2/c1-12(19(2)14-6-4-3-5-7-14)10-18-16(21)13-8-9-15(20)17-11-13/h3-9,11-12H,10H2,1-2H3,(H,17,20)(H,18,21)/t12-/m0/s1. The van der Waals surface area contributed by atoms with Crippen LogP contribution in [0.5, 0.6) is 0 Å². The highest BCUT2D eigenvalue weighted by Gasteiger charge is 2.12. The van der Waals surface area contributed by atoms with Gasteiger partial charge in [0.15, 0.2) is 0 Å². The smallest absolute Gasteiger partial charge is 0.252 e. The van der Waals surface area contributed by atoms with E-state index in [1.165, 1.54) is 18.3 Å². The van der Waals surface area contributed by atoms with Crippen LogP contribution < -0.4 is 15.8 Å². The number of hydrogen-bond donors (Lipinski definition) is 2. The molecule has 5 heteroatoms. The fourth-order valence-corrected chi connectivity index (χ4v) is 1.95. The molecular weight excluding hydrogens is 266 g/mol. The minimum Gasteiger partial charge on any atom is -0.370 e. The Morgan fingerprint density at radius 1 is 1.24 bits per heavy atom. The molecule has 21 heavy (non-hydrogen) atoms. The Morgan fingerprint density at radius 2 is 1.95 bits per heavy atom. The van der Waals surface area contributed by atoms with Crippen LogP contribution in [0.3, 0.4) is 0 Å². The number of aromatic nitrogens is 1. The molecule has 110 valence electrons. The van der Waals surface area contributed by atoms with Gasteiger partial charge in [-0.1, -0.05) is 18.2 Å². The molecular formula is C16H19N3O2. The van der Waals surface area contributed by atoms with Gasteiger partial charge in [-0.15, -0.1) is 0 Å². The van der Waals surface area contributed by atoms with Crippen LogP contribution >= 0.6 is 0 Å². The first kappa shape index (κ1) is 14.8. The van der Waals surface area contributed by atoms with E-state index in [2.05, 4.69) is 15.2 Å². The van der Waals surface area contributed by atoms with Gasteiger partial charge in [-0.3, -0.25) is 9.59 Å². The summed E-state index contributed by atoms with van der Waals surface area (Å²) < 4.78 is 0. The van der Waals surface area contributed by atoms with E-state index in [4.69, 9.17) is 0 Å². The second-order valence-corrected chi connectivity index (χ2v) is 4.95. The average molecular weight is 285 g/mol. The third-order valence-electron chi connectivity index (χ3n) is 3.43. The lowest BCUT2D eigenvalue weighted by atomic mass is 10.2. The number of carbonyl (C=O) groups is 1. The molecule has 0 aliphatic heterocycles. The average Bonchev–Trinajstić information content (AvgIpc) is 2.53. The van der Waals surface area contributed by atoms with Crippen LogP contribution in [0.1, 0.15) is 17.3 Å². The number of H-pyrrole nitrogens is 1. The largest absolute Gasteiger partial charge is 0.370 e. The van der Waals surface area contributed by atoms with Crippen molar-refractivity contribution in [2.75, 3.05) is 18.5 Å². The number of pyridine rings is 1. The second kappa shape index (κ2) is 6.74. The number of benzene rings is 1. The van der Waals surface area contributed by atoms with E-state index < -0.39 is 0 Å². The molecule has 0 unspecified atom stereocenters. The van der Waals surface area contributed by atoms with Gasteiger partial charge in [-0.2, -0.15) is 0 Å². The molecule has 0 bridgehead atoms. The number of likely N-dealkylation sites (N-methyl/N-ethyl adjacent to an activating group) is 1. The predicted octanol–water partition coefficient (Wildman–Crippen LogP) is 1.63. The van der Waals surface area contributed by atoms with E-state index in [1.54, 1.807) is 0 Å². The van der Waals surface area contributed by atoms with Crippen LogP contribution in [0.4, 0.5) is 5.69 Å². The predicted molar refractivity (Wildman–Crippen MR) is 83.7 cm³/mol. The summed E-state index contributed by atoms with van der Waals surface area (Å²) in [5.74, 6) is -0.195. The van der Waals surface area contributed by atoms with E-state index >= 15 is 0 Å². The molecule has 0 radical (unpaired) electrons. The van der Waals surface area contributed by atoms with Gasteiger partial charge in [0.2, 0.25) is 5.56 Å². The summed E-state index contributed by atoms with van der Waals surface area (Å²) >= 11 is 0. The highest BCUT2D eigenvalue weighted by Crippen LogP contribution is 2.13. The Morgan fingerprint density at radius 3 is 2.57 bits per heavy atom. The maximum Gasteiger partial charge on any atom is 0.252 e. The van der Waals surface area contributed by atoms with Gasteiger partial charge in [0.1, 0.15) is 0 Å². The highest BCUT2D eigenvalue weighted by molar-refractivity contribution is 5.93. The van der Waals surface area contributed by atoms with Gasteiger partial charge in [-0.25, -0.2) is 0 Å². The molecule has 5 nitrogen and oxygen atoms in total. The molecule has 2 N–H and O–H groups in total. The van der Waals surface area contributed by atoms with Crippen molar-refractivity contribution in [3.8, 4) is 0 Å². The Labute approximate surface area is 123 Å². The van der Waals surface area contributed by atoms with Crippen LogP contribution in [0.25, 0.3) is 0 Å². The third-order valence-corrected chi connectivity index (χ3v) is 3.43. The van der Waals surface area contributed by atoms with Gasteiger partial charge in [0.25, 0.3) is 5.91 Å². The monoisotopic (exact) mass is 285 g/mol. The highest BCUT2D eigenvalue weighted by atomic mass is 16.1. The number of rotatable bonds is 5. The lowest BCUT2D eigenvalue weighted by Gasteiger charge is -2.27. The molecule has 1 aromatic carbocycles. The van der Waals surface area contributed by atoms with E-state index in [0.717, 1.165) is 5.69 Å². The zero-order valence-electron chi connectivity index (χ0n) is 12.2. The molecule has 2 aromatic rings. The molecule has 0 saturated carbocycles. The van der Waals surface area contributed by atoms with Crippen LogP contribution in [0.15, 0.2) is 53.5 Å². The number of nitrogens with zero attached hydrogens (tertiary/aromatic N) is 1. The first-order valence-electron chi connectivity index (χ1n) is 6.83. The number of aromatic amines is 1. The van der Waals surface area contributed by atoms with Crippen molar-refractivity contribution >= 4 is 11.6 Å². The summed E-state index contributed by atoms with van der Waals surface area (Å²) in [6.07, 6.45) is 1.42. The first-order chi connectivity index (χ1) is 10.1. The van der Waals surface area contributed by atoms with Gasteiger partial charge in [-0.05, 0) is 25.1 Å². The van der Waals surface area contributed by atoms with Crippen molar-refractivity contribution in [1.82, 2.24) is 10.3 Å². The van der Waals surface area contributed by atoms with Gasteiger partial charge < -0.3 is 15.2 Å². The number of hydrogen-bond acceptors (Lipinski definition) is 3. The quantitative estimate of drug-likeness (QED) is 0.877. The van der Waals surface area contributed by atoms with E-state index in [9.17, 15) is 9.59 Å². The lowest BCUT2D eigenvalue weighted by Crippen LogP contribution is -2.40. The van der Waals surface area contributed by atoms with E-state index in [0.29, 0.717) is 12.1 Å². The van der Waals surface area contributed by atoms with Crippen molar-refractivity contribution < 1.29 is 4.79 Å². The third kappa shape index (κ3) is 3.95. The van der Waals surface area contributed by atoms with Crippen LogP contribution in [-0.4, -0.2) is 30.5 Å². The van der Waals surface area contributed by atoms with Crippen molar-refractivity contribution in [2.24, 2.45) is 0 Å². The van der Waals surface area contributed by atoms with E-state index in [-0.39, 0.29) is 17.5 Å². The SMILES string of the molecule is C[C@@H](CNC(=O)c1ccc(=O)[nH]c1)N(C)c1ccccc1. The Hall–Kier alpha value is -2.56. The number of anilines is 1. The number of nitrogens with one attached hydrogen (secondary N) is 2. The molecule has 0 aliphatic rings. The van der Waals surface area contributed by atoms with E-state index in [1.807, 2.05) is 44.3 Å². The van der Waals surface area contributed by atoms with Crippen molar-refractivity contribution in [2.45, 2.75) is 13.0 Å². The zero-order chi connectivity index (χ0) is 15.2. The summed E-state index contributed by atoms with van der Waals surface area (Å²) in [4.78, 5) is 27.5. The molecule has 1 aromatic heterocycles. The fourth-order valence-electron chi connectivity index (χ4n) is 1.95. The van der Waals surface area contributed by atoms with Crippen molar-refractivity contribution in [3.63, 3.8) is 0 Å². The first-order valence-corrected chi connectivity index (χ1v) is 6.83. The molecule has 1 heterocycles. The van der Waals surface area contributed by atoms with Gasteiger partial charge >= 0.3 is 0 Å². The minimum absolute atomic E-state index is 0.152. The number of para-hydroxylation sites is 1. The maximum atomic E-state index is 12.0. The number of carbonyl (C=O) groups excluding carboxylic acids is 1. The Balaban J connectivity index is 1.91. The summed E-state index contributed by atoms with van der Waals surface area (Å²) in [6.45, 7) is 2.56. The van der Waals surface area contributed by atoms with Crippen LogP contribution in [0, 0.1) is 0 Å². The lowest BCUT2D eigenvalue weighted by molar-refractivity contribution is 0.0951. The molecule has 0 saturated heterocycles. The summed E-state index contributed by atoms with van der Waals surface area (Å²) in [7, 11) is 1.99. The van der Waals surface area contributed by atoms with Crippen molar-refractivity contribution in [3.05, 3.63) is 64.6 Å². The van der Waals surface area contributed by atoms with Gasteiger partial charge in [0, 0.05) is 37.6 Å². The molecule has 1 amide bonds. The minimum atomic E-state index is -0.219. The van der Waals surface area contributed by atoms with Crippen molar-refractivity contribution in [1.29, 1.82) is 0 Å². The summed E-state index contributed by atoms with van der Waals surface area (Å²) in [5.41, 5.74) is 1.33. The molecule has 2 rings (SSSR count). The fraction of sp³-hybridized carbons (Fsp3) is 0.250. The normalized spacial score (nSPS) is 11.7.